The summed E-state index contributed by atoms with van der Waals surface area (Å²) in [6, 6.07) is 6.78. The summed E-state index contributed by atoms with van der Waals surface area (Å²) in [4.78, 5) is 36.3. The minimum absolute atomic E-state index is 0.0879. The maximum atomic E-state index is 12.7. The fourth-order valence-electron chi connectivity index (χ4n) is 2.66. The number of hydrogen-bond acceptors (Lipinski definition) is 5. The molecule has 23 heavy (non-hydrogen) atoms. The van der Waals surface area contributed by atoms with Gasteiger partial charge in [0.25, 0.3) is 0 Å². The predicted molar refractivity (Wildman–Crippen MR) is 83.8 cm³/mol. The lowest BCUT2D eigenvalue weighted by molar-refractivity contribution is -0.179. The molecule has 0 spiro atoms. The first-order valence-electron chi connectivity index (χ1n) is 7.35. The third-order valence-electron chi connectivity index (χ3n) is 4.15. The number of hydrogen-bond donors (Lipinski definition) is 0. The van der Waals surface area contributed by atoms with Crippen molar-refractivity contribution in [3.8, 4) is 0 Å². The SMILES string of the molecule is COC(=O)CCC1C(=O)C(C)(C)C(=O)OC1c1ccc(Cl)cc1. The van der Waals surface area contributed by atoms with Crippen LogP contribution in [0.2, 0.25) is 5.02 Å². The molecular weight excluding hydrogens is 320 g/mol. The number of rotatable bonds is 4. The van der Waals surface area contributed by atoms with Crippen molar-refractivity contribution in [1.82, 2.24) is 0 Å². The third kappa shape index (κ3) is 3.55. The van der Waals surface area contributed by atoms with E-state index in [2.05, 4.69) is 4.74 Å². The molecule has 2 rings (SSSR count). The average Bonchev–Trinajstić information content (AvgIpc) is 2.52. The summed E-state index contributed by atoms with van der Waals surface area (Å²) in [5, 5.41) is 0.550. The third-order valence-corrected chi connectivity index (χ3v) is 4.40. The molecule has 1 saturated heterocycles. The molecule has 2 unspecified atom stereocenters. The minimum atomic E-state index is -1.22. The van der Waals surface area contributed by atoms with E-state index in [1.165, 1.54) is 7.11 Å². The lowest BCUT2D eigenvalue weighted by Crippen LogP contribution is -2.47. The van der Waals surface area contributed by atoms with E-state index in [-0.39, 0.29) is 18.6 Å². The second kappa shape index (κ2) is 6.71. The Labute approximate surface area is 139 Å². The summed E-state index contributed by atoms with van der Waals surface area (Å²) in [5.41, 5.74) is -0.537. The molecule has 1 fully saturated rings. The van der Waals surface area contributed by atoms with Crippen molar-refractivity contribution in [2.45, 2.75) is 32.8 Å². The molecule has 2 atom stereocenters. The summed E-state index contributed by atoms with van der Waals surface area (Å²) in [7, 11) is 1.30. The number of ether oxygens (including phenoxy) is 2. The highest BCUT2D eigenvalue weighted by atomic mass is 35.5. The van der Waals surface area contributed by atoms with Crippen LogP contribution in [-0.2, 0) is 23.9 Å². The van der Waals surface area contributed by atoms with Crippen LogP contribution in [0.5, 0.6) is 0 Å². The van der Waals surface area contributed by atoms with E-state index in [9.17, 15) is 14.4 Å². The van der Waals surface area contributed by atoms with Crippen LogP contribution < -0.4 is 0 Å². The van der Waals surface area contributed by atoms with Crippen molar-refractivity contribution >= 4 is 29.3 Å². The van der Waals surface area contributed by atoms with Gasteiger partial charge in [0.2, 0.25) is 0 Å². The molecule has 0 amide bonds. The normalized spacial score (nSPS) is 23.3. The monoisotopic (exact) mass is 338 g/mol. The standard InChI is InChI=1S/C17H19ClO5/c1-17(2)15(20)12(8-9-13(19)22-3)14(23-16(17)21)10-4-6-11(18)7-5-10/h4-7,12,14H,8-9H2,1-3H3. The summed E-state index contributed by atoms with van der Waals surface area (Å²) < 4.78 is 10.2. The molecule has 0 aromatic heterocycles. The Hall–Kier alpha value is -1.88. The van der Waals surface area contributed by atoms with Crippen molar-refractivity contribution in [2.75, 3.05) is 7.11 Å². The molecule has 1 aromatic rings. The smallest absolute Gasteiger partial charge is 0.319 e. The zero-order valence-electron chi connectivity index (χ0n) is 13.3. The lowest BCUT2D eigenvalue weighted by atomic mass is 9.73. The molecule has 5 nitrogen and oxygen atoms in total. The summed E-state index contributed by atoms with van der Waals surface area (Å²) >= 11 is 5.88. The predicted octanol–water partition coefficient (Wildman–Crippen LogP) is 3.10. The zero-order valence-corrected chi connectivity index (χ0v) is 14.1. The van der Waals surface area contributed by atoms with Gasteiger partial charge in [0.15, 0.2) is 5.78 Å². The van der Waals surface area contributed by atoms with E-state index in [4.69, 9.17) is 16.3 Å². The van der Waals surface area contributed by atoms with E-state index in [0.29, 0.717) is 10.6 Å². The topological polar surface area (TPSA) is 69.7 Å². The van der Waals surface area contributed by atoms with E-state index < -0.39 is 29.4 Å². The maximum Gasteiger partial charge on any atom is 0.319 e. The lowest BCUT2D eigenvalue weighted by Gasteiger charge is -2.38. The van der Waals surface area contributed by atoms with Gasteiger partial charge in [0.1, 0.15) is 11.5 Å². The molecule has 0 saturated carbocycles. The Balaban J connectivity index is 2.32. The van der Waals surface area contributed by atoms with Gasteiger partial charge in [-0.25, -0.2) is 0 Å². The largest absolute Gasteiger partial charge is 0.469 e. The van der Waals surface area contributed by atoms with Gasteiger partial charge in [-0.15, -0.1) is 0 Å². The maximum absolute atomic E-state index is 12.7. The van der Waals surface area contributed by atoms with Crippen molar-refractivity contribution in [3.63, 3.8) is 0 Å². The van der Waals surface area contributed by atoms with Crippen molar-refractivity contribution < 1.29 is 23.9 Å². The first-order chi connectivity index (χ1) is 10.8. The molecule has 1 aliphatic heterocycles. The van der Waals surface area contributed by atoms with Crippen LogP contribution in [0.4, 0.5) is 0 Å². The Morgan fingerprint density at radius 1 is 1.26 bits per heavy atom. The zero-order chi connectivity index (χ0) is 17.2. The van der Waals surface area contributed by atoms with Crippen LogP contribution in [0, 0.1) is 11.3 Å². The molecule has 0 radical (unpaired) electrons. The Bertz CT molecular complexity index is 620. The first-order valence-corrected chi connectivity index (χ1v) is 7.73. The number of methoxy groups -OCH3 is 1. The summed E-state index contributed by atoms with van der Waals surface area (Å²) in [5.74, 6) is -1.78. The van der Waals surface area contributed by atoms with Crippen molar-refractivity contribution in [3.05, 3.63) is 34.9 Å². The van der Waals surface area contributed by atoms with E-state index >= 15 is 0 Å². The van der Waals surface area contributed by atoms with Crippen LogP contribution in [-0.4, -0.2) is 24.8 Å². The number of ketones is 1. The second-order valence-electron chi connectivity index (χ2n) is 6.09. The highest BCUT2D eigenvalue weighted by Crippen LogP contribution is 2.42. The molecule has 1 heterocycles. The molecule has 1 aliphatic rings. The number of carbonyl (C=O) groups is 3. The Morgan fingerprint density at radius 2 is 1.87 bits per heavy atom. The quantitative estimate of drug-likeness (QED) is 0.623. The number of carbonyl (C=O) groups excluding carboxylic acids is 3. The summed E-state index contributed by atoms with van der Waals surface area (Å²) in [6.07, 6.45) is -0.370. The highest BCUT2D eigenvalue weighted by molar-refractivity contribution is 6.30. The average molecular weight is 339 g/mol. The molecule has 0 aliphatic carbocycles. The van der Waals surface area contributed by atoms with Crippen molar-refractivity contribution in [2.24, 2.45) is 11.3 Å². The number of esters is 2. The number of cyclic esters (lactones) is 1. The molecule has 0 bridgehead atoms. The number of benzene rings is 1. The van der Waals surface area contributed by atoms with Gasteiger partial charge < -0.3 is 9.47 Å². The summed E-state index contributed by atoms with van der Waals surface area (Å²) in [6.45, 7) is 3.09. The van der Waals surface area contributed by atoms with Crippen LogP contribution >= 0.6 is 11.6 Å². The highest BCUT2D eigenvalue weighted by Gasteiger charge is 2.50. The van der Waals surface area contributed by atoms with Gasteiger partial charge in [-0.1, -0.05) is 23.7 Å². The van der Waals surface area contributed by atoms with Crippen molar-refractivity contribution in [1.29, 1.82) is 0 Å². The van der Waals surface area contributed by atoms with Gasteiger partial charge in [-0.3, -0.25) is 14.4 Å². The van der Waals surface area contributed by atoms with Gasteiger partial charge in [0.05, 0.1) is 13.0 Å². The fraction of sp³-hybridized carbons (Fsp3) is 0.471. The van der Waals surface area contributed by atoms with Gasteiger partial charge >= 0.3 is 11.9 Å². The number of halogens is 1. The van der Waals surface area contributed by atoms with Crippen LogP contribution in [0.25, 0.3) is 0 Å². The Morgan fingerprint density at radius 3 is 2.43 bits per heavy atom. The van der Waals surface area contributed by atoms with Crippen LogP contribution in [0.1, 0.15) is 38.4 Å². The molecule has 0 N–H and O–H groups in total. The molecular formula is C17H19ClO5. The van der Waals surface area contributed by atoms with Crippen LogP contribution in [0.3, 0.4) is 0 Å². The van der Waals surface area contributed by atoms with E-state index in [0.717, 1.165) is 0 Å². The van der Waals surface area contributed by atoms with E-state index in [1.54, 1.807) is 38.1 Å². The van der Waals surface area contributed by atoms with Crippen LogP contribution in [0.15, 0.2) is 24.3 Å². The molecule has 124 valence electrons. The second-order valence-corrected chi connectivity index (χ2v) is 6.52. The van der Waals surface area contributed by atoms with Gasteiger partial charge in [-0.2, -0.15) is 0 Å². The molecule has 6 heteroatoms. The van der Waals surface area contributed by atoms with Gasteiger partial charge in [0, 0.05) is 11.4 Å². The minimum Gasteiger partial charge on any atom is -0.469 e. The van der Waals surface area contributed by atoms with E-state index in [1.807, 2.05) is 0 Å². The first kappa shape index (κ1) is 17.5. The fourth-order valence-corrected chi connectivity index (χ4v) is 2.78. The number of Topliss-reactive ketones (excluding diaryl/α,β-unsaturated/α-hetero) is 1. The Kier molecular flexibility index (Phi) is 5.09. The molecule has 1 aromatic carbocycles. The van der Waals surface area contributed by atoms with Gasteiger partial charge in [-0.05, 0) is 38.0 Å².